The second kappa shape index (κ2) is 5.46. The third-order valence-corrected chi connectivity index (χ3v) is 4.00. The van der Waals surface area contributed by atoms with Gasteiger partial charge in [0.25, 0.3) is 0 Å². The summed E-state index contributed by atoms with van der Waals surface area (Å²) in [7, 11) is -2.22. The third kappa shape index (κ3) is 3.15. The Labute approximate surface area is 113 Å². The van der Waals surface area contributed by atoms with Crippen molar-refractivity contribution in [2.75, 3.05) is 13.7 Å². The van der Waals surface area contributed by atoms with Crippen molar-refractivity contribution in [3.8, 4) is 5.75 Å². The Morgan fingerprint density at radius 3 is 2.74 bits per heavy atom. The Balaban J connectivity index is 2.43. The molecule has 2 rings (SSSR count). The molecule has 1 aliphatic rings. The first-order valence-electron chi connectivity index (χ1n) is 5.77. The number of sulfonamides is 1. The second-order valence-electron chi connectivity index (χ2n) is 4.18. The van der Waals surface area contributed by atoms with E-state index in [0.717, 1.165) is 0 Å². The van der Waals surface area contributed by atoms with Crippen molar-refractivity contribution in [2.24, 2.45) is 5.14 Å². The van der Waals surface area contributed by atoms with Crippen LogP contribution in [0.15, 0.2) is 48.7 Å². The summed E-state index contributed by atoms with van der Waals surface area (Å²) in [4.78, 5) is 1.67. The van der Waals surface area contributed by atoms with Crippen molar-refractivity contribution in [2.45, 2.75) is 5.37 Å². The van der Waals surface area contributed by atoms with Crippen LogP contribution in [0.1, 0.15) is 10.9 Å². The van der Waals surface area contributed by atoms with Gasteiger partial charge in [-0.15, -0.1) is 0 Å². The molecule has 102 valence electrons. The molecule has 0 fully saturated rings. The van der Waals surface area contributed by atoms with Gasteiger partial charge in [-0.2, -0.15) is 0 Å². The lowest BCUT2D eigenvalue weighted by molar-refractivity contribution is 0.371. The van der Waals surface area contributed by atoms with Crippen molar-refractivity contribution in [3.63, 3.8) is 0 Å². The summed E-state index contributed by atoms with van der Waals surface area (Å²) in [5, 5.41) is 4.45. The van der Waals surface area contributed by atoms with Gasteiger partial charge >= 0.3 is 0 Å². The van der Waals surface area contributed by atoms with Gasteiger partial charge in [-0.05, 0) is 23.8 Å². The summed E-state index contributed by atoms with van der Waals surface area (Å²) in [5.41, 5.74) is 0.585. The van der Waals surface area contributed by atoms with E-state index in [0.29, 0.717) is 17.9 Å². The molecule has 19 heavy (non-hydrogen) atoms. The normalized spacial score (nSPS) is 16.4. The molecule has 0 radical (unpaired) electrons. The minimum atomic E-state index is -3.76. The molecule has 0 saturated heterocycles. The number of allylic oxidation sites excluding steroid dienone is 2. The van der Waals surface area contributed by atoms with E-state index in [-0.39, 0.29) is 0 Å². The van der Waals surface area contributed by atoms with E-state index in [1.807, 2.05) is 12.2 Å². The number of nitrogens with zero attached hydrogens (tertiary/aromatic N) is 1. The molecule has 0 aliphatic carbocycles. The summed E-state index contributed by atoms with van der Waals surface area (Å²) in [6.45, 7) is 0.495. The minimum absolute atomic E-state index is 0.495. The average molecular weight is 280 g/mol. The Morgan fingerprint density at radius 1 is 1.37 bits per heavy atom. The molecule has 2 N–H and O–H groups in total. The van der Waals surface area contributed by atoms with Crippen LogP contribution in [-0.2, 0) is 10.0 Å². The second-order valence-corrected chi connectivity index (χ2v) is 5.81. The van der Waals surface area contributed by atoms with Crippen molar-refractivity contribution >= 4 is 10.0 Å². The van der Waals surface area contributed by atoms with E-state index < -0.39 is 15.4 Å². The van der Waals surface area contributed by atoms with E-state index in [9.17, 15) is 8.42 Å². The molecular formula is C13H16N2O3S. The van der Waals surface area contributed by atoms with Gasteiger partial charge in [0.15, 0.2) is 5.37 Å². The lowest BCUT2D eigenvalue weighted by Crippen LogP contribution is -2.35. The predicted molar refractivity (Wildman–Crippen MR) is 73.8 cm³/mol. The molecule has 0 aromatic heterocycles. The first kappa shape index (κ1) is 13.6. The molecule has 6 heteroatoms. The highest BCUT2D eigenvalue weighted by Gasteiger charge is 2.28. The first-order chi connectivity index (χ1) is 9.02. The van der Waals surface area contributed by atoms with Crippen molar-refractivity contribution in [1.29, 1.82) is 0 Å². The Bertz CT molecular complexity index is 608. The topological polar surface area (TPSA) is 72.6 Å². The third-order valence-electron chi connectivity index (χ3n) is 2.83. The summed E-state index contributed by atoms with van der Waals surface area (Å²) in [6.07, 6.45) is 7.23. The number of ether oxygens (including phenoxy) is 1. The van der Waals surface area contributed by atoms with Crippen molar-refractivity contribution < 1.29 is 13.2 Å². The van der Waals surface area contributed by atoms with Crippen LogP contribution < -0.4 is 9.88 Å². The molecule has 0 bridgehead atoms. The summed E-state index contributed by atoms with van der Waals surface area (Å²) in [5.74, 6) is 0.600. The van der Waals surface area contributed by atoms with Crippen molar-refractivity contribution in [1.82, 2.24) is 4.90 Å². The molecule has 1 unspecified atom stereocenters. The number of hydrogen-bond donors (Lipinski definition) is 1. The maximum Gasteiger partial charge on any atom is 0.234 e. The molecule has 1 aromatic rings. The lowest BCUT2D eigenvalue weighted by atomic mass is 10.2. The zero-order valence-electron chi connectivity index (χ0n) is 10.6. The molecule has 1 aromatic carbocycles. The minimum Gasteiger partial charge on any atom is -0.497 e. The number of primary sulfonamides is 1. The number of nitrogens with two attached hydrogens (primary N) is 1. The molecule has 5 nitrogen and oxygen atoms in total. The smallest absolute Gasteiger partial charge is 0.234 e. The molecule has 0 saturated carbocycles. The molecule has 0 amide bonds. The van der Waals surface area contributed by atoms with Crippen LogP contribution in [0.2, 0.25) is 0 Å². The van der Waals surface area contributed by atoms with Crippen molar-refractivity contribution in [3.05, 3.63) is 54.3 Å². The van der Waals surface area contributed by atoms with Gasteiger partial charge < -0.3 is 9.64 Å². The monoisotopic (exact) mass is 280 g/mol. The quantitative estimate of drug-likeness (QED) is 0.904. The lowest BCUT2D eigenvalue weighted by Gasteiger charge is -2.29. The van der Waals surface area contributed by atoms with Gasteiger partial charge in [0.05, 0.1) is 7.11 Å². The number of benzene rings is 1. The van der Waals surface area contributed by atoms with Crippen LogP contribution in [0.3, 0.4) is 0 Å². The van der Waals surface area contributed by atoms with Crippen LogP contribution in [0, 0.1) is 0 Å². The molecule has 1 aliphatic heterocycles. The van der Waals surface area contributed by atoms with Gasteiger partial charge in [-0.3, -0.25) is 0 Å². The van der Waals surface area contributed by atoms with E-state index in [1.54, 1.807) is 41.4 Å². The summed E-state index contributed by atoms with van der Waals surface area (Å²) >= 11 is 0. The molecule has 1 atom stereocenters. The van der Waals surface area contributed by atoms with Crippen LogP contribution in [0.4, 0.5) is 0 Å². The van der Waals surface area contributed by atoms with Gasteiger partial charge in [0.2, 0.25) is 10.0 Å². The maximum atomic E-state index is 11.9. The fourth-order valence-corrected chi connectivity index (χ4v) is 3.08. The van der Waals surface area contributed by atoms with Crippen LogP contribution >= 0.6 is 0 Å². The van der Waals surface area contributed by atoms with E-state index >= 15 is 0 Å². The fourth-order valence-electron chi connectivity index (χ4n) is 2.02. The van der Waals surface area contributed by atoms with E-state index in [4.69, 9.17) is 9.88 Å². The standard InChI is InChI=1S/C13H16N2O3S/c1-18-12-7-5-6-11(10-12)13(19(14,16)17)15-8-3-2-4-9-15/h2-8,10,13H,9H2,1H3,(H2,14,16,17). The number of hydrogen-bond acceptors (Lipinski definition) is 4. The Kier molecular flexibility index (Phi) is 3.92. The molecular weight excluding hydrogens is 264 g/mol. The molecule has 1 heterocycles. The van der Waals surface area contributed by atoms with Crippen LogP contribution in [0.25, 0.3) is 0 Å². The largest absolute Gasteiger partial charge is 0.497 e. The zero-order chi connectivity index (χ0) is 13.9. The predicted octanol–water partition coefficient (Wildman–Crippen LogP) is 1.37. The van der Waals surface area contributed by atoms with Gasteiger partial charge in [0, 0.05) is 12.7 Å². The summed E-state index contributed by atoms with van der Waals surface area (Å²) in [6, 6.07) is 6.91. The maximum absolute atomic E-state index is 11.9. The highest BCUT2D eigenvalue weighted by molar-refractivity contribution is 7.89. The van der Waals surface area contributed by atoms with Gasteiger partial charge in [-0.25, -0.2) is 13.6 Å². The number of rotatable bonds is 4. The summed E-state index contributed by atoms with van der Waals surface area (Å²) < 4.78 is 28.9. The highest BCUT2D eigenvalue weighted by Crippen LogP contribution is 2.28. The van der Waals surface area contributed by atoms with Crippen LogP contribution in [-0.4, -0.2) is 27.0 Å². The Hall–Kier alpha value is -1.79. The van der Waals surface area contributed by atoms with Gasteiger partial charge in [0.1, 0.15) is 5.75 Å². The van der Waals surface area contributed by atoms with Crippen LogP contribution in [0.5, 0.6) is 5.75 Å². The molecule has 0 spiro atoms. The zero-order valence-corrected chi connectivity index (χ0v) is 11.4. The number of methoxy groups -OCH3 is 1. The van der Waals surface area contributed by atoms with E-state index in [1.165, 1.54) is 7.11 Å². The highest BCUT2D eigenvalue weighted by atomic mass is 32.2. The SMILES string of the molecule is COc1cccc(C(N2C=CC=CC2)S(N)(=O)=O)c1. The van der Waals surface area contributed by atoms with E-state index in [2.05, 4.69) is 0 Å². The fraction of sp³-hybridized carbons (Fsp3) is 0.231. The first-order valence-corrected chi connectivity index (χ1v) is 7.38. The average Bonchev–Trinajstić information content (AvgIpc) is 2.39. The Morgan fingerprint density at radius 2 is 2.16 bits per heavy atom. The van der Waals surface area contributed by atoms with Gasteiger partial charge in [-0.1, -0.05) is 24.3 Å².